The molecular formula is C20H27NO7. The maximum atomic E-state index is 12.5. The number of nitrogens with one attached hydrogen (secondary N) is 1. The Hall–Kier alpha value is -2.90. The number of benzene rings is 1. The molecule has 0 aromatic heterocycles. The third-order valence-corrected chi connectivity index (χ3v) is 4.53. The Morgan fingerprint density at radius 2 is 1.43 bits per heavy atom. The first kappa shape index (κ1) is 23.1. The molecule has 8 nitrogen and oxygen atoms in total. The molecule has 0 saturated carbocycles. The van der Waals surface area contributed by atoms with E-state index in [1.165, 1.54) is 6.92 Å². The second-order valence-electron chi connectivity index (χ2n) is 7.50. The molecule has 0 aliphatic heterocycles. The molecule has 1 rings (SSSR count). The summed E-state index contributed by atoms with van der Waals surface area (Å²) in [6.45, 7) is 7.46. The number of carbonyl (C=O) groups excluding carboxylic acids is 3. The number of hydrogen-bond donors (Lipinski definition) is 2. The zero-order valence-electron chi connectivity index (χ0n) is 16.9. The van der Waals surface area contributed by atoms with E-state index in [1.54, 1.807) is 24.3 Å². The van der Waals surface area contributed by atoms with E-state index >= 15 is 0 Å². The number of hydrogen-bond acceptors (Lipinski definition) is 6. The lowest BCUT2D eigenvalue weighted by molar-refractivity contribution is -0.162. The Bertz CT molecular complexity index is 718. The highest BCUT2D eigenvalue weighted by molar-refractivity contribution is 5.98. The van der Waals surface area contributed by atoms with Crippen molar-refractivity contribution in [3.05, 3.63) is 35.4 Å². The second kappa shape index (κ2) is 9.34. The van der Waals surface area contributed by atoms with Gasteiger partial charge in [-0.2, -0.15) is 0 Å². The molecule has 0 unspecified atom stereocenters. The van der Waals surface area contributed by atoms with Gasteiger partial charge < -0.3 is 19.9 Å². The van der Waals surface area contributed by atoms with Crippen molar-refractivity contribution in [1.82, 2.24) is 5.32 Å². The Labute approximate surface area is 164 Å². The quantitative estimate of drug-likeness (QED) is 0.535. The number of rotatable bonds is 7. The van der Waals surface area contributed by atoms with Gasteiger partial charge in [-0.25, -0.2) is 4.79 Å². The fourth-order valence-electron chi connectivity index (χ4n) is 2.74. The first-order valence-corrected chi connectivity index (χ1v) is 8.73. The van der Waals surface area contributed by atoms with Crippen molar-refractivity contribution >= 4 is 23.8 Å². The van der Waals surface area contributed by atoms with Crippen molar-refractivity contribution in [3.8, 4) is 0 Å². The second-order valence-corrected chi connectivity index (χ2v) is 7.50. The minimum absolute atomic E-state index is 0.0959. The van der Waals surface area contributed by atoms with E-state index in [2.05, 4.69) is 14.8 Å². The van der Waals surface area contributed by atoms with Crippen LogP contribution in [0.5, 0.6) is 0 Å². The lowest BCUT2D eigenvalue weighted by Gasteiger charge is -2.26. The zero-order valence-corrected chi connectivity index (χ0v) is 16.9. The highest BCUT2D eigenvalue weighted by Gasteiger charge is 2.42. The predicted molar refractivity (Wildman–Crippen MR) is 101 cm³/mol. The van der Waals surface area contributed by atoms with E-state index in [0.29, 0.717) is 0 Å². The van der Waals surface area contributed by atoms with Gasteiger partial charge in [0.05, 0.1) is 14.2 Å². The largest absolute Gasteiger partial charge is 0.480 e. The summed E-state index contributed by atoms with van der Waals surface area (Å²) in [5, 5.41) is 11.9. The third kappa shape index (κ3) is 5.55. The van der Waals surface area contributed by atoms with E-state index in [9.17, 15) is 24.3 Å². The van der Waals surface area contributed by atoms with Gasteiger partial charge in [0.2, 0.25) is 0 Å². The van der Waals surface area contributed by atoms with Crippen molar-refractivity contribution in [2.24, 2.45) is 11.8 Å². The summed E-state index contributed by atoms with van der Waals surface area (Å²) < 4.78 is 9.15. The average Bonchev–Trinajstić information content (AvgIpc) is 2.64. The van der Waals surface area contributed by atoms with Gasteiger partial charge in [-0.15, -0.1) is 0 Å². The molecular weight excluding hydrogens is 366 g/mol. The van der Waals surface area contributed by atoms with E-state index in [1.807, 2.05) is 20.8 Å². The van der Waals surface area contributed by atoms with Gasteiger partial charge in [0.25, 0.3) is 5.91 Å². The van der Waals surface area contributed by atoms with Gasteiger partial charge in [0.15, 0.2) is 5.92 Å². The molecule has 0 heterocycles. The number of amides is 1. The minimum Gasteiger partial charge on any atom is -0.480 e. The minimum atomic E-state index is -1.50. The average molecular weight is 393 g/mol. The first-order chi connectivity index (χ1) is 12.9. The molecule has 0 spiro atoms. The van der Waals surface area contributed by atoms with Crippen molar-refractivity contribution in [2.75, 3.05) is 14.2 Å². The summed E-state index contributed by atoms with van der Waals surface area (Å²) in [5.74, 6) is -6.48. The molecule has 0 fully saturated rings. The van der Waals surface area contributed by atoms with Gasteiger partial charge in [0, 0.05) is 11.5 Å². The van der Waals surface area contributed by atoms with Crippen LogP contribution in [-0.4, -0.2) is 49.2 Å². The van der Waals surface area contributed by atoms with Crippen LogP contribution in [0.1, 0.15) is 43.6 Å². The first-order valence-electron chi connectivity index (χ1n) is 8.73. The van der Waals surface area contributed by atoms with Crippen molar-refractivity contribution in [2.45, 2.75) is 39.2 Å². The van der Waals surface area contributed by atoms with E-state index in [0.717, 1.165) is 19.8 Å². The van der Waals surface area contributed by atoms with Crippen LogP contribution in [0.4, 0.5) is 0 Å². The number of aliphatic carboxylic acids is 1. The van der Waals surface area contributed by atoms with Crippen LogP contribution < -0.4 is 5.32 Å². The van der Waals surface area contributed by atoms with Crippen LogP contribution in [0.15, 0.2) is 24.3 Å². The van der Waals surface area contributed by atoms with Gasteiger partial charge in [-0.3, -0.25) is 14.4 Å². The fourth-order valence-corrected chi connectivity index (χ4v) is 2.74. The normalized spacial score (nSPS) is 13.4. The predicted octanol–water partition coefficient (Wildman–Crippen LogP) is 1.77. The maximum absolute atomic E-state index is 12.5. The summed E-state index contributed by atoms with van der Waals surface area (Å²) in [7, 11) is 2.16. The molecule has 1 aromatic rings. The van der Waals surface area contributed by atoms with Crippen LogP contribution in [0, 0.1) is 11.8 Å². The number of esters is 2. The van der Waals surface area contributed by atoms with Gasteiger partial charge in [-0.1, -0.05) is 39.8 Å². The highest BCUT2D eigenvalue weighted by Crippen LogP contribution is 2.23. The SMILES string of the molecule is COC(=O)C(C(=O)OC)[C@H](C)[C@H](NC(=O)c1ccc(C(C)(C)C)cc1)C(=O)O. The summed E-state index contributed by atoms with van der Waals surface area (Å²) in [6, 6.07) is 5.27. The lowest BCUT2D eigenvalue weighted by Crippen LogP contribution is -2.50. The number of carbonyl (C=O) groups is 4. The summed E-state index contributed by atoms with van der Waals surface area (Å²) in [6.07, 6.45) is 0. The summed E-state index contributed by atoms with van der Waals surface area (Å²) in [5.41, 5.74) is 1.18. The summed E-state index contributed by atoms with van der Waals surface area (Å²) >= 11 is 0. The van der Waals surface area contributed by atoms with Gasteiger partial charge in [0.1, 0.15) is 6.04 Å². The standard InChI is InChI=1S/C20H27NO7/c1-11(14(18(25)27-5)19(26)28-6)15(17(23)24)21-16(22)12-7-9-13(10-8-12)20(2,3)4/h7-11,14-15H,1-6H3,(H,21,22)(H,23,24)/t11-,15-/m0/s1. The molecule has 2 N–H and O–H groups in total. The summed E-state index contributed by atoms with van der Waals surface area (Å²) in [4.78, 5) is 48.1. The van der Waals surface area contributed by atoms with Crippen LogP contribution in [0.2, 0.25) is 0 Å². The Morgan fingerprint density at radius 3 is 1.79 bits per heavy atom. The monoisotopic (exact) mass is 393 g/mol. The van der Waals surface area contributed by atoms with Gasteiger partial charge in [-0.05, 0) is 23.1 Å². The molecule has 0 saturated heterocycles. The van der Waals surface area contributed by atoms with E-state index in [-0.39, 0.29) is 11.0 Å². The van der Waals surface area contributed by atoms with Crippen molar-refractivity contribution in [1.29, 1.82) is 0 Å². The van der Waals surface area contributed by atoms with Crippen LogP contribution >= 0.6 is 0 Å². The Kier molecular flexibility index (Phi) is 7.72. The molecule has 0 aliphatic rings. The topological polar surface area (TPSA) is 119 Å². The van der Waals surface area contributed by atoms with E-state index < -0.39 is 41.7 Å². The van der Waals surface area contributed by atoms with Crippen LogP contribution in [0.25, 0.3) is 0 Å². The molecule has 2 atom stereocenters. The van der Waals surface area contributed by atoms with Crippen LogP contribution in [-0.2, 0) is 29.3 Å². The molecule has 28 heavy (non-hydrogen) atoms. The number of carboxylic acids is 1. The third-order valence-electron chi connectivity index (χ3n) is 4.53. The Balaban J connectivity index is 3.08. The number of methoxy groups -OCH3 is 2. The molecule has 1 amide bonds. The molecule has 1 aromatic carbocycles. The molecule has 8 heteroatoms. The smallest absolute Gasteiger partial charge is 0.326 e. The lowest BCUT2D eigenvalue weighted by atomic mass is 9.86. The van der Waals surface area contributed by atoms with Gasteiger partial charge >= 0.3 is 17.9 Å². The Morgan fingerprint density at radius 1 is 0.964 bits per heavy atom. The molecule has 0 bridgehead atoms. The van der Waals surface area contributed by atoms with Crippen LogP contribution in [0.3, 0.4) is 0 Å². The van der Waals surface area contributed by atoms with Crippen molar-refractivity contribution in [3.63, 3.8) is 0 Å². The molecule has 154 valence electrons. The van der Waals surface area contributed by atoms with E-state index in [4.69, 9.17) is 0 Å². The molecule has 0 radical (unpaired) electrons. The fraction of sp³-hybridized carbons (Fsp3) is 0.500. The zero-order chi connectivity index (χ0) is 21.6. The molecule has 0 aliphatic carbocycles. The number of carboxylic acid groups (broad SMARTS) is 1. The highest BCUT2D eigenvalue weighted by atomic mass is 16.5. The maximum Gasteiger partial charge on any atom is 0.326 e. The van der Waals surface area contributed by atoms with Crippen molar-refractivity contribution < 1.29 is 33.8 Å². The number of ether oxygens (including phenoxy) is 2.